The normalized spacial score (nSPS) is 18.4. The van der Waals surface area contributed by atoms with Crippen LogP contribution >= 0.6 is 11.8 Å². The summed E-state index contributed by atoms with van der Waals surface area (Å²) in [7, 11) is 4.49. The van der Waals surface area contributed by atoms with Crippen LogP contribution in [0.2, 0.25) is 0 Å². The van der Waals surface area contributed by atoms with Crippen molar-refractivity contribution < 1.29 is 33.3 Å². The molecule has 2 aliphatic rings. The fourth-order valence-electron chi connectivity index (χ4n) is 2.99. The predicted molar refractivity (Wildman–Crippen MR) is 106 cm³/mol. The van der Waals surface area contributed by atoms with Gasteiger partial charge in [-0.15, -0.1) is 0 Å². The Kier molecular flexibility index (Phi) is 6.65. The van der Waals surface area contributed by atoms with Gasteiger partial charge in [-0.05, 0) is 17.8 Å². The maximum absolute atomic E-state index is 12.8. The zero-order valence-electron chi connectivity index (χ0n) is 16.4. The topological polar surface area (TPSA) is 94.6 Å². The lowest BCUT2D eigenvalue weighted by atomic mass is 10.1. The minimum atomic E-state index is -0.526. The van der Waals surface area contributed by atoms with Gasteiger partial charge in [-0.25, -0.2) is 0 Å². The van der Waals surface area contributed by atoms with Crippen molar-refractivity contribution in [2.24, 2.45) is 0 Å². The lowest BCUT2D eigenvalue weighted by Crippen LogP contribution is -2.46. The van der Waals surface area contributed by atoms with Crippen LogP contribution in [0.3, 0.4) is 0 Å². The molecule has 0 atom stereocenters. The molecule has 0 aromatic heterocycles. The Morgan fingerprint density at radius 3 is 2.28 bits per heavy atom. The first-order valence-electron chi connectivity index (χ1n) is 8.89. The first-order valence-corrected chi connectivity index (χ1v) is 9.71. The summed E-state index contributed by atoms with van der Waals surface area (Å²) >= 11 is 0.774. The molecule has 2 aliphatic heterocycles. The van der Waals surface area contributed by atoms with Gasteiger partial charge in [0.15, 0.2) is 0 Å². The van der Waals surface area contributed by atoms with Crippen molar-refractivity contribution in [3.05, 3.63) is 22.6 Å². The van der Waals surface area contributed by atoms with E-state index in [9.17, 15) is 14.4 Å². The number of thioether (sulfide) groups is 1. The van der Waals surface area contributed by atoms with Gasteiger partial charge in [0, 0.05) is 25.2 Å². The van der Waals surface area contributed by atoms with Crippen molar-refractivity contribution in [3.63, 3.8) is 0 Å². The smallest absolute Gasteiger partial charge is 0.294 e. The van der Waals surface area contributed by atoms with E-state index in [2.05, 4.69) is 0 Å². The Hall–Kier alpha value is -2.72. The van der Waals surface area contributed by atoms with Crippen molar-refractivity contribution in [1.29, 1.82) is 0 Å². The molecule has 9 nitrogen and oxygen atoms in total. The molecule has 3 amide bonds. The molecule has 0 N–H and O–H groups in total. The molecular weight excluding hydrogens is 400 g/mol. The van der Waals surface area contributed by atoms with Crippen molar-refractivity contribution in [2.45, 2.75) is 0 Å². The first kappa shape index (κ1) is 21.0. The number of morpholine rings is 1. The Morgan fingerprint density at radius 2 is 1.72 bits per heavy atom. The minimum absolute atomic E-state index is 0.187. The largest absolute Gasteiger partial charge is 0.496 e. The van der Waals surface area contributed by atoms with Gasteiger partial charge >= 0.3 is 0 Å². The molecule has 156 valence electrons. The predicted octanol–water partition coefficient (Wildman–Crippen LogP) is 1.61. The van der Waals surface area contributed by atoms with Gasteiger partial charge in [-0.3, -0.25) is 19.3 Å². The highest BCUT2D eigenvalue weighted by Crippen LogP contribution is 2.39. The van der Waals surface area contributed by atoms with Gasteiger partial charge in [0.25, 0.3) is 11.1 Å². The third-order valence-electron chi connectivity index (χ3n) is 4.56. The van der Waals surface area contributed by atoms with Crippen molar-refractivity contribution in [2.75, 3.05) is 54.2 Å². The number of hydrogen-bond acceptors (Lipinski definition) is 8. The molecule has 3 rings (SSSR count). The van der Waals surface area contributed by atoms with Crippen LogP contribution in [-0.2, 0) is 14.3 Å². The minimum Gasteiger partial charge on any atom is -0.496 e. The highest BCUT2D eigenvalue weighted by molar-refractivity contribution is 8.18. The first-order chi connectivity index (χ1) is 14.0. The van der Waals surface area contributed by atoms with Crippen molar-refractivity contribution >= 4 is 34.9 Å². The summed E-state index contributed by atoms with van der Waals surface area (Å²) in [4.78, 5) is 40.3. The molecule has 2 fully saturated rings. The number of carbonyl (C=O) groups excluding carboxylic acids is 3. The lowest BCUT2D eigenvalue weighted by molar-refractivity contribution is -0.139. The summed E-state index contributed by atoms with van der Waals surface area (Å²) in [5.74, 6) is 0.577. The Morgan fingerprint density at radius 1 is 1.10 bits per heavy atom. The maximum Gasteiger partial charge on any atom is 0.294 e. The quantitative estimate of drug-likeness (QED) is 0.638. The molecule has 2 heterocycles. The Bertz CT molecular complexity index is 824. The lowest BCUT2D eigenvalue weighted by Gasteiger charge is -2.28. The van der Waals surface area contributed by atoms with Gasteiger partial charge in [0.2, 0.25) is 5.91 Å². The Labute approximate surface area is 172 Å². The van der Waals surface area contributed by atoms with E-state index in [1.165, 1.54) is 27.4 Å². The second-order valence-electron chi connectivity index (χ2n) is 6.21. The molecule has 29 heavy (non-hydrogen) atoms. The van der Waals surface area contributed by atoms with Crippen LogP contribution < -0.4 is 14.2 Å². The van der Waals surface area contributed by atoms with E-state index in [1.807, 2.05) is 0 Å². The van der Waals surface area contributed by atoms with E-state index in [0.29, 0.717) is 49.1 Å². The zero-order chi connectivity index (χ0) is 21.0. The van der Waals surface area contributed by atoms with Crippen LogP contribution in [-0.4, -0.2) is 81.0 Å². The molecule has 1 aromatic rings. The van der Waals surface area contributed by atoms with E-state index in [-0.39, 0.29) is 17.4 Å². The summed E-state index contributed by atoms with van der Waals surface area (Å²) in [5, 5.41) is -0.491. The number of methoxy groups -OCH3 is 3. The maximum atomic E-state index is 12.8. The van der Waals surface area contributed by atoms with E-state index in [1.54, 1.807) is 17.0 Å². The number of ether oxygens (including phenoxy) is 4. The number of imide groups is 1. The molecule has 0 radical (unpaired) electrons. The number of carbonyl (C=O) groups is 3. The van der Waals surface area contributed by atoms with Gasteiger partial charge < -0.3 is 23.8 Å². The molecular formula is C19H22N2O7S. The third kappa shape index (κ3) is 4.48. The van der Waals surface area contributed by atoms with Gasteiger partial charge in [0.05, 0.1) is 45.0 Å². The fourth-order valence-corrected chi connectivity index (χ4v) is 3.81. The SMILES string of the molecule is COc1cc(OC)c(/C=C2/SC(=O)N(CC(=O)N3CCOCC3)C2=O)c(OC)c1. The van der Waals surface area contributed by atoms with Crippen LogP contribution in [0, 0.1) is 0 Å². The van der Waals surface area contributed by atoms with Crippen molar-refractivity contribution in [3.8, 4) is 17.2 Å². The van der Waals surface area contributed by atoms with E-state index in [0.717, 1.165) is 16.7 Å². The summed E-state index contributed by atoms with van der Waals surface area (Å²) in [6, 6.07) is 3.31. The van der Waals surface area contributed by atoms with E-state index in [4.69, 9.17) is 18.9 Å². The van der Waals surface area contributed by atoms with Crippen LogP contribution in [0.4, 0.5) is 4.79 Å². The summed E-state index contributed by atoms with van der Waals surface area (Å²) in [5.41, 5.74) is 0.501. The van der Waals surface area contributed by atoms with Gasteiger partial charge in [0.1, 0.15) is 23.8 Å². The highest BCUT2D eigenvalue weighted by Gasteiger charge is 2.37. The summed E-state index contributed by atoms with van der Waals surface area (Å²) < 4.78 is 21.2. The number of benzene rings is 1. The average molecular weight is 422 g/mol. The summed E-state index contributed by atoms with van der Waals surface area (Å²) in [6.07, 6.45) is 1.53. The fraction of sp³-hybridized carbons (Fsp3) is 0.421. The van der Waals surface area contributed by atoms with Gasteiger partial charge in [-0.2, -0.15) is 0 Å². The average Bonchev–Trinajstić information content (AvgIpc) is 3.01. The second kappa shape index (κ2) is 9.19. The molecule has 0 unspecified atom stereocenters. The van der Waals surface area contributed by atoms with Gasteiger partial charge in [-0.1, -0.05) is 0 Å². The van der Waals surface area contributed by atoms with E-state index >= 15 is 0 Å². The monoisotopic (exact) mass is 422 g/mol. The molecule has 0 aliphatic carbocycles. The number of rotatable bonds is 6. The number of nitrogens with zero attached hydrogens (tertiary/aromatic N) is 2. The van der Waals surface area contributed by atoms with Crippen molar-refractivity contribution in [1.82, 2.24) is 9.80 Å². The Balaban J connectivity index is 1.83. The highest BCUT2D eigenvalue weighted by atomic mass is 32.2. The van der Waals surface area contributed by atoms with Crippen LogP contribution in [0.25, 0.3) is 6.08 Å². The second-order valence-corrected chi connectivity index (χ2v) is 7.20. The number of amides is 3. The van der Waals surface area contributed by atoms with E-state index < -0.39 is 11.1 Å². The molecule has 0 spiro atoms. The zero-order valence-corrected chi connectivity index (χ0v) is 17.2. The standard InChI is InChI=1S/C19H22N2O7S/c1-25-12-8-14(26-2)13(15(9-12)27-3)10-16-18(23)21(19(24)29-16)11-17(22)20-4-6-28-7-5-20/h8-10H,4-7,11H2,1-3H3/b16-10+. The molecule has 2 saturated heterocycles. The van der Waals surface area contributed by atoms with Crippen LogP contribution in [0.5, 0.6) is 17.2 Å². The third-order valence-corrected chi connectivity index (χ3v) is 5.47. The molecule has 0 bridgehead atoms. The molecule has 10 heteroatoms. The van der Waals surface area contributed by atoms with Crippen LogP contribution in [0.1, 0.15) is 5.56 Å². The summed E-state index contributed by atoms with van der Waals surface area (Å²) in [6.45, 7) is 1.50. The molecule has 1 aromatic carbocycles. The van der Waals surface area contributed by atoms with Crippen LogP contribution in [0.15, 0.2) is 17.0 Å². The molecule has 0 saturated carbocycles. The number of hydrogen-bond donors (Lipinski definition) is 0.